The number of ether oxygens (including phenoxy) is 3. The summed E-state index contributed by atoms with van der Waals surface area (Å²) in [4.78, 5) is 17.4. The Balaban J connectivity index is 1.62. The van der Waals surface area contributed by atoms with Crippen molar-refractivity contribution in [3.8, 4) is 17.2 Å². The van der Waals surface area contributed by atoms with Gasteiger partial charge in [0.25, 0.3) is 5.91 Å². The molecule has 1 saturated heterocycles. The van der Waals surface area contributed by atoms with E-state index < -0.39 is 0 Å². The largest absolute Gasteiger partial charge is 0.493 e. The predicted molar refractivity (Wildman–Crippen MR) is 106 cm³/mol. The zero-order valence-electron chi connectivity index (χ0n) is 14.9. The second-order valence-corrected chi connectivity index (χ2v) is 7.10. The van der Waals surface area contributed by atoms with E-state index in [1.807, 2.05) is 43.3 Å². The van der Waals surface area contributed by atoms with Crippen molar-refractivity contribution in [3.63, 3.8) is 0 Å². The average molecular weight is 382 g/mol. The van der Waals surface area contributed by atoms with Crippen LogP contribution in [0.3, 0.4) is 0 Å². The van der Waals surface area contributed by atoms with E-state index in [1.54, 1.807) is 13.2 Å². The molecular formula is C20H18N2O4S. The van der Waals surface area contributed by atoms with Crippen LogP contribution >= 0.6 is 11.8 Å². The molecule has 7 heteroatoms. The maximum Gasteiger partial charge on any atom is 0.264 e. The van der Waals surface area contributed by atoms with Crippen molar-refractivity contribution in [2.75, 3.05) is 20.3 Å². The summed E-state index contributed by atoms with van der Waals surface area (Å²) in [6, 6.07) is 11.5. The first-order valence-electron chi connectivity index (χ1n) is 8.46. The molecule has 0 aliphatic carbocycles. The van der Waals surface area contributed by atoms with Gasteiger partial charge >= 0.3 is 0 Å². The van der Waals surface area contributed by atoms with Gasteiger partial charge < -0.3 is 19.5 Å². The van der Waals surface area contributed by atoms with Crippen LogP contribution in [0.25, 0.3) is 6.08 Å². The Morgan fingerprint density at radius 2 is 2.07 bits per heavy atom. The van der Waals surface area contributed by atoms with Crippen molar-refractivity contribution in [2.24, 2.45) is 4.99 Å². The number of aliphatic imine (C=N–C) groups is 1. The summed E-state index contributed by atoms with van der Waals surface area (Å²) < 4.78 is 16.6. The number of fused-ring (bicyclic) bond motifs is 1. The van der Waals surface area contributed by atoms with Gasteiger partial charge in [0, 0.05) is 0 Å². The van der Waals surface area contributed by atoms with Crippen molar-refractivity contribution in [2.45, 2.75) is 6.92 Å². The molecule has 0 aromatic heterocycles. The first kappa shape index (κ1) is 17.5. The number of carbonyl (C=O) groups excluding carboxylic acids is 1. The molecule has 1 N–H and O–H groups in total. The van der Waals surface area contributed by atoms with E-state index in [4.69, 9.17) is 14.2 Å². The molecule has 0 unspecified atom stereocenters. The van der Waals surface area contributed by atoms with Gasteiger partial charge in [-0.05, 0) is 60.2 Å². The molecule has 0 saturated carbocycles. The molecular weight excluding hydrogens is 364 g/mol. The lowest BCUT2D eigenvalue weighted by Gasteiger charge is -2.21. The molecule has 2 heterocycles. The van der Waals surface area contributed by atoms with Gasteiger partial charge in [-0.25, -0.2) is 4.99 Å². The van der Waals surface area contributed by atoms with Gasteiger partial charge in [-0.3, -0.25) is 4.79 Å². The van der Waals surface area contributed by atoms with Gasteiger partial charge in [-0.15, -0.1) is 0 Å². The molecule has 138 valence electrons. The first-order valence-corrected chi connectivity index (χ1v) is 9.28. The van der Waals surface area contributed by atoms with Gasteiger partial charge in [0.2, 0.25) is 5.75 Å². The lowest BCUT2D eigenvalue weighted by atomic mass is 10.1. The lowest BCUT2D eigenvalue weighted by molar-refractivity contribution is -0.115. The number of amides is 1. The van der Waals surface area contributed by atoms with Crippen LogP contribution in [0.2, 0.25) is 0 Å². The minimum atomic E-state index is -0.180. The monoisotopic (exact) mass is 382 g/mol. The molecule has 2 aromatic carbocycles. The number of carbonyl (C=O) groups is 1. The van der Waals surface area contributed by atoms with Crippen molar-refractivity contribution in [1.29, 1.82) is 0 Å². The van der Waals surface area contributed by atoms with E-state index in [0.29, 0.717) is 40.5 Å². The van der Waals surface area contributed by atoms with Gasteiger partial charge in [0.1, 0.15) is 13.2 Å². The first-order chi connectivity index (χ1) is 13.1. The highest BCUT2D eigenvalue weighted by Gasteiger charge is 2.25. The summed E-state index contributed by atoms with van der Waals surface area (Å²) in [5.74, 6) is 1.61. The van der Waals surface area contributed by atoms with Crippen LogP contribution in [0.15, 0.2) is 46.3 Å². The summed E-state index contributed by atoms with van der Waals surface area (Å²) in [6.45, 7) is 2.98. The third kappa shape index (κ3) is 3.78. The fraction of sp³-hybridized carbons (Fsp3) is 0.200. The molecule has 6 nitrogen and oxygen atoms in total. The number of nitrogens with zero attached hydrogens (tertiary/aromatic N) is 1. The zero-order chi connectivity index (χ0) is 18.8. The minimum Gasteiger partial charge on any atom is -0.493 e. The maximum absolute atomic E-state index is 12.3. The Morgan fingerprint density at radius 1 is 1.22 bits per heavy atom. The lowest BCUT2D eigenvalue weighted by Crippen LogP contribution is -2.19. The van der Waals surface area contributed by atoms with Crippen LogP contribution in [0, 0.1) is 6.92 Å². The molecule has 1 fully saturated rings. The number of methoxy groups -OCH3 is 1. The number of thioether (sulfide) groups is 1. The number of amidine groups is 1. The summed E-state index contributed by atoms with van der Waals surface area (Å²) in [5.41, 5.74) is 2.72. The standard InChI is InChI=1S/C20H18N2O4S/c1-12-4-3-5-14(8-12)21-20-22-19(23)17(27-20)11-13-9-15(24-2)18-16(10-13)25-6-7-26-18/h3-5,8-11H,6-7H2,1-2H3,(H,21,22,23)/b17-11-. The fourth-order valence-electron chi connectivity index (χ4n) is 2.82. The molecule has 2 aromatic rings. The molecule has 2 aliphatic rings. The van der Waals surface area contributed by atoms with Gasteiger partial charge in [-0.2, -0.15) is 0 Å². The van der Waals surface area contributed by atoms with Crippen LogP contribution in [-0.2, 0) is 4.79 Å². The summed E-state index contributed by atoms with van der Waals surface area (Å²) in [5, 5.41) is 3.36. The van der Waals surface area contributed by atoms with E-state index in [2.05, 4.69) is 10.3 Å². The zero-order valence-corrected chi connectivity index (χ0v) is 15.8. The summed E-state index contributed by atoms with van der Waals surface area (Å²) in [7, 11) is 1.58. The molecule has 27 heavy (non-hydrogen) atoms. The third-order valence-corrected chi connectivity index (χ3v) is 4.94. The van der Waals surface area contributed by atoms with Crippen LogP contribution in [0.4, 0.5) is 5.69 Å². The highest BCUT2D eigenvalue weighted by atomic mass is 32.2. The van der Waals surface area contributed by atoms with E-state index >= 15 is 0 Å². The Kier molecular flexibility index (Phi) is 4.77. The van der Waals surface area contributed by atoms with E-state index in [9.17, 15) is 4.79 Å². The predicted octanol–water partition coefficient (Wildman–Crippen LogP) is 3.67. The van der Waals surface area contributed by atoms with Crippen molar-refractivity contribution >= 4 is 34.6 Å². The molecule has 4 rings (SSSR count). The molecule has 0 atom stereocenters. The van der Waals surface area contributed by atoms with Gasteiger partial charge in [0.05, 0.1) is 17.7 Å². The maximum atomic E-state index is 12.3. The average Bonchev–Trinajstić information content (AvgIpc) is 2.99. The fourth-order valence-corrected chi connectivity index (χ4v) is 3.67. The van der Waals surface area contributed by atoms with Crippen LogP contribution in [0.1, 0.15) is 11.1 Å². The number of rotatable bonds is 3. The Morgan fingerprint density at radius 3 is 2.89 bits per heavy atom. The number of benzene rings is 2. The SMILES string of the molecule is COc1cc(/C=C2\SC(=Nc3cccc(C)c3)NC2=O)cc2c1OCCO2. The van der Waals surface area contributed by atoms with E-state index in [1.165, 1.54) is 11.8 Å². The van der Waals surface area contributed by atoms with E-state index in [0.717, 1.165) is 16.8 Å². The van der Waals surface area contributed by atoms with Crippen LogP contribution in [-0.4, -0.2) is 31.4 Å². The number of hydrogen-bond donors (Lipinski definition) is 1. The topological polar surface area (TPSA) is 69.2 Å². The highest BCUT2D eigenvalue weighted by Crippen LogP contribution is 2.41. The van der Waals surface area contributed by atoms with Crippen LogP contribution < -0.4 is 19.5 Å². The molecule has 0 bridgehead atoms. The summed E-state index contributed by atoms with van der Waals surface area (Å²) in [6.07, 6.45) is 1.79. The van der Waals surface area contributed by atoms with Crippen LogP contribution in [0.5, 0.6) is 17.2 Å². The van der Waals surface area contributed by atoms with Crippen molar-refractivity contribution in [1.82, 2.24) is 5.32 Å². The smallest absolute Gasteiger partial charge is 0.264 e. The normalized spacial score (nSPS) is 18.7. The highest BCUT2D eigenvalue weighted by molar-refractivity contribution is 8.18. The molecule has 0 radical (unpaired) electrons. The second-order valence-electron chi connectivity index (χ2n) is 6.07. The molecule has 1 amide bonds. The number of nitrogens with one attached hydrogen (secondary N) is 1. The van der Waals surface area contributed by atoms with Gasteiger partial charge in [-0.1, -0.05) is 12.1 Å². The summed E-state index contributed by atoms with van der Waals surface area (Å²) >= 11 is 1.30. The molecule has 0 spiro atoms. The van der Waals surface area contributed by atoms with Gasteiger partial charge in [0.15, 0.2) is 16.7 Å². The quantitative estimate of drug-likeness (QED) is 0.821. The Bertz CT molecular complexity index is 951. The number of aryl methyl sites for hydroxylation is 1. The van der Waals surface area contributed by atoms with Crippen molar-refractivity contribution < 1.29 is 19.0 Å². The van der Waals surface area contributed by atoms with E-state index in [-0.39, 0.29) is 5.91 Å². The molecule has 2 aliphatic heterocycles. The number of hydrogen-bond acceptors (Lipinski definition) is 6. The van der Waals surface area contributed by atoms with Crippen molar-refractivity contribution in [3.05, 3.63) is 52.4 Å². The second kappa shape index (κ2) is 7.36. The Hall–Kier alpha value is -2.93. The third-order valence-electron chi connectivity index (χ3n) is 4.03. The Labute approximate surface area is 161 Å². The minimum absolute atomic E-state index is 0.180.